The number of nitrogens with one attached hydrogen (secondary N) is 2. The summed E-state index contributed by atoms with van der Waals surface area (Å²) in [6.07, 6.45) is 0.351. The Bertz CT molecular complexity index is 449. The summed E-state index contributed by atoms with van der Waals surface area (Å²) in [4.78, 5) is 21.7. The predicted molar refractivity (Wildman–Crippen MR) is 65.0 cm³/mol. The van der Waals surface area contributed by atoms with Gasteiger partial charge in [0.1, 0.15) is 5.82 Å². The van der Waals surface area contributed by atoms with E-state index in [9.17, 15) is 14.0 Å². The standard InChI is InChI=1S/C12H15FN2O3/c1-8-4-5-9(13)7-10(8)15-12(18)14-6-2-3-11(16)17/h4-5,7H,2-3,6H2,1H3,(H,16,17)(H2,14,15,18). The minimum atomic E-state index is -0.904. The lowest BCUT2D eigenvalue weighted by atomic mass is 10.2. The van der Waals surface area contributed by atoms with Crippen molar-refractivity contribution in [2.45, 2.75) is 19.8 Å². The van der Waals surface area contributed by atoms with Crippen LogP contribution in [0.25, 0.3) is 0 Å². The molecule has 0 fully saturated rings. The minimum Gasteiger partial charge on any atom is -0.481 e. The van der Waals surface area contributed by atoms with Gasteiger partial charge >= 0.3 is 12.0 Å². The number of carboxylic acid groups (broad SMARTS) is 1. The highest BCUT2D eigenvalue weighted by Gasteiger charge is 2.05. The first-order valence-electron chi connectivity index (χ1n) is 5.52. The van der Waals surface area contributed by atoms with Crippen molar-refractivity contribution < 1.29 is 19.1 Å². The second-order valence-electron chi connectivity index (χ2n) is 3.84. The van der Waals surface area contributed by atoms with E-state index < -0.39 is 17.8 Å². The number of anilines is 1. The van der Waals surface area contributed by atoms with Crippen LogP contribution in [0.3, 0.4) is 0 Å². The second kappa shape index (κ2) is 6.58. The van der Waals surface area contributed by atoms with Gasteiger partial charge < -0.3 is 15.7 Å². The molecule has 1 rings (SSSR count). The maximum atomic E-state index is 13.0. The Labute approximate surface area is 104 Å². The van der Waals surface area contributed by atoms with Gasteiger partial charge in [0.05, 0.1) is 0 Å². The molecule has 5 nitrogen and oxygen atoms in total. The first-order chi connectivity index (χ1) is 8.49. The molecule has 1 aromatic carbocycles. The normalized spacial score (nSPS) is 9.89. The fourth-order valence-electron chi connectivity index (χ4n) is 1.34. The van der Waals surface area contributed by atoms with E-state index in [1.165, 1.54) is 12.1 Å². The quantitative estimate of drug-likeness (QED) is 0.704. The van der Waals surface area contributed by atoms with E-state index in [-0.39, 0.29) is 13.0 Å². The second-order valence-corrected chi connectivity index (χ2v) is 3.84. The van der Waals surface area contributed by atoms with Gasteiger partial charge in [-0.15, -0.1) is 0 Å². The lowest BCUT2D eigenvalue weighted by molar-refractivity contribution is -0.137. The zero-order valence-electron chi connectivity index (χ0n) is 10.00. The molecule has 18 heavy (non-hydrogen) atoms. The third kappa shape index (κ3) is 4.82. The van der Waals surface area contributed by atoms with Gasteiger partial charge in [-0.3, -0.25) is 4.79 Å². The predicted octanol–water partition coefficient (Wildman–Crippen LogP) is 2.12. The number of halogens is 1. The van der Waals surface area contributed by atoms with Crippen LogP contribution in [-0.4, -0.2) is 23.7 Å². The van der Waals surface area contributed by atoms with Crippen LogP contribution in [0, 0.1) is 12.7 Å². The fourth-order valence-corrected chi connectivity index (χ4v) is 1.34. The molecule has 3 N–H and O–H groups in total. The molecule has 2 amide bonds. The Hall–Kier alpha value is -2.11. The number of amides is 2. The molecule has 0 unspecified atom stereocenters. The molecule has 98 valence electrons. The first kappa shape index (κ1) is 14.0. The molecule has 0 radical (unpaired) electrons. The number of urea groups is 1. The van der Waals surface area contributed by atoms with Crippen molar-refractivity contribution >= 4 is 17.7 Å². The zero-order chi connectivity index (χ0) is 13.5. The van der Waals surface area contributed by atoms with Crippen molar-refractivity contribution in [1.82, 2.24) is 5.32 Å². The molecule has 0 aliphatic heterocycles. The van der Waals surface area contributed by atoms with Gasteiger partial charge in [0.25, 0.3) is 0 Å². The van der Waals surface area contributed by atoms with E-state index >= 15 is 0 Å². The largest absolute Gasteiger partial charge is 0.481 e. The molecule has 0 heterocycles. The summed E-state index contributed by atoms with van der Waals surface area (Å²) in [6, 6.07) is 3.63. The van der Waals surface area contributed by atoms with Gasteiger partial charge in [0.2, 0.25) is 0 Å². The molecule has 0 saturated heterocycles. The van der Waals surface area contributed by atoms with Crippen LogP contribution in [0.5, 0.6) is 0 Å². The summed E-state index contributed by atoms with van der Waals surface area (Å²) in [5.41, 5.74) is 1.14. The van der Waals surface area contributed by atoms with Crippen LogP contribution in [0.1, 0.15) is 18.4 Å². The SMILES string of the molecule is Cc1ccc(F)cc1NC(=O)NCCCC(=O)O. The van der Waals surface area contributed by atoms with Crippen molar-refractivity contribution in [2.75, 3.05) is 11.9 Å². The zero-order valence-corrected chi connectivity index (χ0v) is 10.00. The Morgan fingerprint density at radius 2 is 2.11 bits per heavy atom. The van der Waals surface area contributed by atoms with Crippen LogP contribution in [0.4, 0.5) is 14.9 Å². The number of aryl methyl sites for hydroxylation is 1. The Morgan fingerprint density at radius 3 is 2.78 bits per heavy atom. The first-order valence-corrected chi connectivity index (χ1v) is 5.52. The van der Waals surface area contributed by atoms with Gasteiger partial charge in [0, 0.05) is 18.7 Å². The van der Waals surface area contributed by atoms with Crippen LogP contribution < -0.4 is 10.6 Å². The Morgan fingerprint density at radius 1 is 1.39 bits per heavy atom. The van der Waals surface area contributed by atoms with E-state index in [0.29, 0.717) is 12.1 Å². The number of rotatable bonds is 5. The van der Waals surface area contributed by atoms with Crippen molar-refractivity contribution in [3.8, 4) is 0 Å². The van der Waals surface area contributed by atoms with E-state index in [1.54, 1.807) is 13.0 Å². The van der Waals surface area contributed by atoms with Gasteiger partial charge in [-0.25, -0.2) is 9.18 Å². The van der Waals surface area contributed by atoms with Crippen molar-refractivity contribution in [3.05, 3.63) is 29.6 Å². The molecular weight excluding hydrogens is 239 g/mol. The summed E-state index contributed by atoms with van der Waals surface area (Å²) in [7, 11) is 0. The van der Waals surface area contributed by atoms with Gasteiger partial charge in [-0.2, -0.15) is 0 Å². The summed E-state index contributed by atoms with van der Waals surface area (Å²) in [5.74, 6) is -1.33. The third-order valence-corrected chi connectivity index (χ3v) is 2.30. The van der Waals surface area contributed by atoms with E-state index in [4.69, 9.17) is 5.11 Å². The molecule has 1 aromatic rings. The van der Waals surface area contributed by atoms with Crippen molar-refractivity contribution in [2.24, 2.45) is 0 Å². The monoisotopic (exact) mass is 254 g/mol. The maximum Gasteiger partial charge on any atom is 0.319 e. The van der Waals surface area contributed by atoms with E-state index in [0.717, 1.165) is 5.56 Å². The number of hydrogen-bond donors (Lipinski definition) is 3. The number of carbonyl (C=O) groups excluding carboxylic acids is 1. The smallest absolute Gasteiger partial charge is 0.319 e. The minimum absolute atomic E-state index is 0.000721. The number of hydrogen-bond acceptors (Lipinski definition) is 2. The van der Waals surface area contributed by atoms with Gasteiger partial charge in [0.15, 0.2) is 0 Å². The number of aliphatic carboxylic acids is 1. The highest BCUT2D eigenvalue weighted by atomic mass is 19.1. The Balaban J connectivity index is 2.40. The molecular formula is C12H15FN2O3. The Kier molecular flexibility index (Phi) is 5.10. The summed E-state index contributed by atoms with van der Waals surface area (Å²) >= 11 is 0. The third-order valence-electron chi connectivity index (χ3n) is 2.30. The lowest BCUT2D eigenvalue weighted by Gasteiger charge is -2.09. The average molecular weight is 254 g/mol. The number of benzene rings is 1. The van der Waals surface area contributed by atoms with Crippen LogP contribution in [0.15, 0.2) is 18.2 Å². The van der Waals surface area contributed by atoms with E-state index in [1.807, 2.05) is 0 Å². The van der Waals surface area contributed by atoms with E-state index in [2.05, 4.69) is 10.6 Å². The highest BCUT2D eigenvalue weighted by molar-refractivity contribution is 5.90. The van der Waals surface area contributed by atoms with Crippen LogP contribution in [-0.2, 0) is 4.79 Å². The molecule has 0 aliphatic carbocycles. The van der Waals surface area contributed by atoms with Crippen molar-refractivity contribution in [1.29, 1.82) is 0 Å². The van der Waals surface area contributed by atoms with Gasteiger partial charge in [-0.1, -0.05) is 6.07 Å². The molecule has 0 aromatic heterocycles. The topological polar surface area (TPSA) is 78.4 Å². The average Bonchev–Trinajstić information content (AvgIpc) is 2.29. The molecule has 0 saturated carbocycles. The fraction of sp³-hybridized carbons (Fsp3) is 0.333. The van der Waals surface area contributed by atoms with Crippen LogP contribution >= 0.6 is 0 Å². The number of carbonyl (C=O) groups is 2. The molecule has 0 aliphatic rings. The summed E-state index contributed by atoms with van der Waals surface area (Å²) < 4.78 is 13.0. The molecule has 0 spiro atoms. The van der Waals surface area contributed by atoms with Crippen molar-refractivity contribution in [3.63, 3.8) is 0 Å². The maximum absolute atomic E-state index is 13.0. The van der Waals surface area contributed by atoms with Crippen LogP contribution in [0.2, 0.25) is 0 Å². The lowest BCUT2D eigenvalue weighted by Crippen LogP contribution is -2.30. The molecule has 0 atom stereocenters. The number of carboxylic acids is 1. The summed E-state index contributed by atoms with van der Waals surface area (Å²) in [5, 5.41) is 13.4. The summed E-state index contributed by atoms with van der Waals surface area (Å²) in [6.45, 7) is 2.01. The molecule has 6 heteroatoms. The molecule has 0 bridgehead atoms. The van der Waals surface area contributed by atoms with Gasteiger partial charge in [-0.05, 0) is 31.0 Å². The highest BCUT2D eigenvalue weighted by Crippen LogP contribution is 2.15.